The third kappa shape index (κ3) is 6.86. The molecule has 41 heavy (non-hydrogen) atoms. The van der Waals surface area contributed by atoms with Crippen molar-refractivity contribution in [3.8, 4) is 0 Å². The molecule has 0 unspecified atom stereocenters. The van der Waals surface area contributed by atoms with E-state index in [0.717, 1.165) is 23.5 Å². The summed E-state index contributed by atoms with van der Waals surface area (Å²) in [5, 5.41) is 16.4. The van der Waals surface area contributed by atoms with Crippen molar-refractivity contribution in [2.24, 2.45) is 0 Å². The minimum absolute atomic E-state index is 0.0468. The van der Waals surface area contributed by atoms with Crippen molar-refractivity contribution in [2.45, 2.75) is 40.0 Å². The first-order valence-corrected chi connectivity index (χ1v) is 15.7. The van der Waals surface area contributed by atoms with Crippen LogP contribution in [0.3, 0.4) is 0 Å². The second kappa shape index (κ2) is 11.8. The molecule has 3 aromatic rings. The summed E-state index contributed by atoms with van der Waals surface area (Å²) in [6.07, 6.45) is 0.665. The number of nitro benzene ring substituents is 1. The van der Waals surface area contributed by atoms with Gasteiger partial charge in [0.25, 0.3) is 31.5 Å². The van der Waals surface area contributed by atoms with Gasteiger partial charge in [-0.05, 0) is 55.3 Å². The van der Waals surface area contributed by atoms with Gasteiger partial charge in [0.15, 0.2) is 0 Å². The van der Waals surface area contributed by atoms with Gasteiger partial charge < -0.3 is 10.6 Å². The number of non-ortho nitro benzene ring substituents is 1. The lowest BCUT2D eigenvalue weighted by molar-refractivity contribution is -0.384. The van der Waals surface area contributed by atoms with Crippen molar-refractivity contribution in [2.75, 3.05) is 18.4 Å². The van der Waals surface area contributed by atoms with Crippen LogP contribution < -0.4 is 10.6 Å². The summed E-state index contributed by atoms with van der Waals surface area (Å²) in [6, 6.07) is 12.2. The molecule has 0 atom stereocenters. The predicted octanol–water partition coefficient (Wildman–Crippen LogP) is 4.15. The number of amides is 1. The fourth-order valence-corrected chi connectivity index (χ4v) is 7.81. The number of nitrogens with zero attached hydrogens (tertiary/aromatic N) is 2. The third-order valence-electron chi connectivity index (χ3n) is 6.27. The number of carbonyl (C=O) groups is 1. The van der Waals surface area contributed by atoms with Crippen LogP contribution in [0.1, 0.15) is 28.1 Å². The quantitative estimate of drug-likeness (QED) is 0.263. The van der Waals surface area contributed by atoms with E-state index in [-0.39, 0.29) is 46.8 Å². The molecule has 0 bridgehead atoms. The zero-order chi connectivity index (χ0) is 30.0. The van der Waals surface area contributed by atoms with Gasteiger partial charge in [0.05, 0.1) is 16.4 Å². The Hall–Kier alpha value is -3.54. The molecule has 1 fully saturated rings. The highest BCUT2D eigenvalue weighted by Crippen LogP contribution is 2.32. The number of alkyl halides is 3. The number of rotatable bonds is 9. The van der Waals surface area contributed by atoms with Crippen molar-refractivity contribution in [1.29, 1.82) is 0 Å². The summed E-state index contributed by atoms with van der Waals surface area (Å²) < 4.78 is 89.7. The summed E-state index contributed by atoms with van der Waals surface area (Å²) in [5.74, 6) is -0.478. The Balaban J connectivity index is 1.32. The number of nitro groups is 1. The molecule has 1 aliphatic rings. The number of sulfonamides is 1. The molecule has 1 aromatic heterocycles. The van der Waals surface area contributed by atoms with Gasteiger partial charge in [-0.3, -0.25) is 14.9 Å². The van der Waals surface area contributed by atoms with Gasteiger partial charge in [-0.15, -0.1) is 11.3 Å². The number of piperidine rings is 1. The van der Waals surface area contributed by atoms with Crippen molar-refractivity contribution in [3.63, 3.8) is 0 Å². The largest absolute Gasteiger partial charge is 0.501 e. The number of halogens is 3. The molecule has 2 aromatic carbocycles. The summed E-state index contributed by atoms with van der Waals surface area (Å²) >= 11 is 0.988. The third-order valence-corrected chi connectivity index (χ3v) is 11.2. The first-order chi connectivity index (χ1) is 19.2. The predicted molar refractivity (Wildman–Crippen MR) is 144 cm³/mol. The minimum Gasteiger partial charge on any atom is -0.382 e. The molecule has 17 heteroatoms. The van der Waals surface area contributed by atoms with E-state index in [1.165, 1.54) is 46.8 Å². The molecule has 1 amide bonds. The molecule has 1 aliphatic heterocycles. The lowest BCUT2D eigenvalue weighted by atomic mass is 10.1. The molecule has 0 spiro atoms. The van der Waals surface area contributed by atoms with Crippen LogP contribution >= 0.6 is 11.3 Å². The number of thiophene rings is 1. The summed E-state index contributed by atoms with van der Waals surface area (Å²) in [6.45, 7) is 0.306. The standard InChI is InChI=1S/C24H23F3N4O7S3/c25-24(26,27)40(35,36)21-3-1-2-18(14-21)29-17-10-12-30(13-11-17)41(37,38)22-9-8-20(39-22)15-28-23(32)16-4-6-19(7-5-16)31(33)34/h1-9,14,17,29H,10-13,15H2,(H,28,32). The van der Waals surface area contributed by atoms with E-state index in [9.17, 15) is 44.9 Å². The van der Waals surface area contributed by atoms with E-state index in [1.807, 2.05) is 0 Å². The van der Waals surface area contributed by atoms with Gasteiger partial charge in [-0.1, -0.05) is 6.07 Å². The Morgan fingerprint density at radius 2 is 1.68 bits per heavy atom. The van der Waals surface area contributed by atoms with Gasteiger partial charge in [0.1, 0.15) is 4.21 Å². The zero-order valence-electron chi connectivity index (χ0n) is 21.0. The highest BCUT2D eigenvalue weighted by Gasteiger charge is 2.47. The number of nitrogens with one attached hydrogen (secondary N) is 2. The average molecular weight is 633 g/mol. The Morgan fingerprint density at radius 3 is 2.29 bits per heavy atom. The smallest absolute Gasteiger partial charge is 0.382 e. The Labute approximate surface area is 237 Å². The van der Waals surface area contributed by atoms with Crippen LogP contribution in [0.15, 0.2) is 69.8 Å². The highest BCUT2D eigenvalue weighted by molar-refractivity contribution is 7.92. The van der Waals surface area contributed by atoms with Crippen molar-refractivity contribution >= 4 is 48.5 Å². The highest BCUT2D eigenvalue weighted by atomic mass is 32.2. The van der Waals surface area contributed by atoms with Crippen molar-refractivity contribution in [3.05, 3.63) is 81.2 Å². The van der Waals surface area contributed by atoms with Gasteiger partial charge in [0, 0.05) is 47.4 Å². The number of sulfone groups is 1. The fraction of sp³-hybridized carbons (Fsp3) is 0.292. The fourth-order valence-electron chi connectivity index (χ4n) is 4.09. The molecule has 0 saturated carbocycles. The van der Waals surface area contributed by atoms with E-state index < -0.39 is 41.1 Å². The molecule has 4 rings (SSSR count). The van der Waals surface area contributed by atoms with Crippen molar-refractivity contribution < 1.29 is 39.7 Å². The molecule has 0 radical (unpaired) electrons. The zero-order valence-corrected chi connectivity index (χ0v) is 23.4. The monoisotopic (exact) mass is 632 g/mol. The van der Waals surface area contributed by atoms with Gasteiger partial charge in [-0.25, -0.2) is 16.8 Å². The molecule has 1 saturated heterocycles. The van der Waals surface area contributed by atoms with Gasteiger partial charge >= 0.3 is 5.51 Å². The second-order valence-electron chi connectivity index (χ2n) is 9.01. The molecule has 220 valence electrons. The summed E-state index contributed by atoms with van der Waals surface area (Å²) in [4.78, 5) is 22.2. The van der Waals surface area contributed by atoms with Crippen LogP contribution in [0, 0.1) is 10.1 Å². The van der Waals surface area contributed by atoms with Crippen LogP contribution in [0.25, 0.3) is 0 Å². The second-order valence-corrected chi connectivity index (χ2v) is 14.3. The summed E-state index contributed by atoms with van der Waals surface area (Å²) in [7, 11) is -9.34. The molecule has 2 N–H and O–H groups in total. The number of carbonyl (C=O) groups excluding carboxylic acids is 1. The molecular weight excluding hydrogens is 609 g/mol. The molecular formula is C24H23F3N4O7S3. The van der Waals surface area contributed by atoms with Crippen LogP contribution in [0.5, 0.6) is 0 Å². The number of anilines is 1. The van der Waals surface area contributed by atoms with E-state index in [1.54, 1.807) is 6.07 Å². The SMILES string of the molecule is O=C(NCc1ccc(S(=O)(=O)N2CCC(Nc3cccc(S(=O)(=O)C(F)(F)F)c3)CC2)s1)c1ccc([N+](=O)[O-])cc1. The first kappa shape index (κ1) is 30.4. The lowest BCUT2D eigenvalue weighted by Crippen LogP contribution is -2.42. The molecule has 0 aliphatic carbocycles. The van der Waals surface area contributed by atoms with Crippen LogP contribution in [0.4, 0.5) is 24.5 Å². The summed E-state index contributed by atoms with van der Waals surface area (Å²) in [5.41, 5.74) is -5.19. The molecule has 11 nitrogen and oxygen atoms in total. The first-order valence-electron chi connectivity index (χ1n) is 12.0. The van der Waals surface area contributed by atoms with E-state index in [2.05, 4.69) is 10.6 Å². The minimum atomic E-state index is -5.50. The Kier molecular flexibility index (Phi) is 8.72. The Morgan fingerprint density at radius 1 is 1.02 bits per heavy atom. The van der Waals surface area contributed by atoms with Crippen molar-refractivity contribution in [1.82, 2.24) is 9.62 Å². The maximum Gasteiger partial charge on any atom is 0.501 e. The number of hydrogen-bond acceptors (Lipinski definition) is 9. The van der Waals surface area contributed by atoms with Crippen LogP contribution in [-0.2, 0) is 26.4 Å². The Bertz CT molecular complexity index is 1650. The lowest BCUT2D eigenvalue weighted by Gasteiger charge is -2.31. The van der Waals surface area contributed by atoms with Gasteiger partial charge in [-0.2, -0.15) is 17.5 Å². The molecule has 2 heterocycles. The van der Waals surface area contributed by atoms with E-state index in [0.29, 0.717) is 17.7 Å². The van der Waals surface area contributed by atoms with Gasteiger partial charge in [0.2, 0.25) is 0 Å². The average Bonchev–Trinajstić information content (AvgIpc) is 3.42. The van der Waals surface area contributed by atoms with E-state index >= 15 is 0 Å². The maximum atomic E-state index is 13.2. The van der Waals surface area contributed by atoms with Crippen LogP contribution in [0.2, 0.25) is 0 Å². The van der Waals surface area contributed by atoms with Crippen LogP contribution in [-0.4, -0.2) is 56.6 Å². The topological polar surface area (TPSA) is 156 Å². The normalized spacial score (nSPS) is 15.4. The maximum absolute atomic E-state index is 13.2. The number of benzene rings is 2. The number of hydrogen-bond donors (Lipinski definition) is 2. The van der Waals surface area contributed by atoms with E-state index in [4.69, 9.17) is 0 Å².